The number of benzene rings is 2. The van der Waals surface area contributed by atoms with E-state index in [0.29, 0.717) is 0 Å². The molecule has 0 N–H and O–H groups in total. The smallest absolute Gasteiger partial charge is 0.0450 e. The second-order valence-corrected chi connectivity index (χ2v) is 6.96. The van der Waals surface area contributed by atoms with Gasteiger partial charge < -0.3 is 0 Å². The summed E-state index contributed by atoms with van der Waals surface area (Å²) < 4.78 is 2.82. The van der Waals surface area contributed by atoms with E-state index in [-0.39, 0.29) is 0 Å². The highest BCUT2D eigenvalue weighted by Crippen LogP contribution is 2.35. The Balaban J connectivity index is 0.000000123. The van der Waals surface area contributed by atoms with Crippen molar-refractivity contribution in [2.45, 2.75) is 6.42 Å². The van der Waals surface area contributed by atoms with Gasteiger partial charge in [-0.1, -0.05) is 48.5 Å². The van der Waals surface area contributed by atoms with Crippen molar-refractivity contribution >= 4 is 32.1 Å². The van der Waals surface area contributed by atoms with Gasteiger partial charge >= 0.3 is 0 Å². The van der Waals surface area contributed by atoms with E-state index < -0.39 is 0 Å². The lowest BCUT2D eigenvalue weighted by Gasteiger charge is -1.98. The normalized spacial score (nSPS) is 11.6. The van der Waals surface area contributed by atoms with E-state index >= 15 is 0 Å². The monoisotopic (exact) mass is 306 g/mol. The third-order valence-electron chi connectivity index (χ3n) is 3.78. The second kappa shape index (κ2) is 5.47. The summed E-state index contributed by atoms with van der Waals surface area (Å²) in [6.45, 7) is 0. The van der Waals surface area contributed by atoms with Gasteiger partial charge in [0.2, 0.25) is 0 Å². The maximum atomic E-state index is 2.22. The van der Waals surface area contributed by atoms with Crippen molar-refractivity contribution in [2.75, 3.05) is 0 Å². The zero-order chi connectivity index (χ0) is 14.1. The molecular formula is C19H14S2. The van der Waals surface area contributed by atoms with Crippen LogP contribution in [-0.4, -0.2) is 0 Å². The van der Waals surface area contributed by atoms with Gasteiger partial charge in [-0.05, 0) is 51.6 Å². The minimum absolute atomic E-state index is 1.10. The Labute approximate surface area is 132 Å². The minimum Gasteiger partial charge on any atom is -0.143 e. The molecule has 0 bridgehead atoms. The zero-order valence-electron chi connectivity index (χ0n) is 11.5. The summed E-state index contributed by atoms with van der Waals surface area (Å²) >= 11 is 3.61. The van der Waals surface area contributed by atoms with E-state index in [1.54, 1.807) is 22.7 Å². The van der Waals surface area contributed by atoms with Crippen LogP contribution in [0.4, 0.5) is 0 Å². The lowest BCUT2D eigenvalue weighted by molar-refractivity contribution is 1.26. The lowest BCUT2D eigenvalue weighted by Crippen LogP contribution is -1.77. The van der Waals surface area contributed by atoms with Gasteiger partial charge in [-0.25, -0.2) is 0 Å². The summed E-state index contributed by atoms with van der Waals surface area (Å²) in [5.41, 5.74) is 5.75. The van der Waals surface area contributed by atoms with Crippen molar-refractivity contribution in [1.29, 1.82) is 0 Å². The largest absolute Gasteiger partial charge is 0.143 e. The van der Waals surface area contributed by atoms with Crippen LogP contribution in [0, 0.1) is 0 Å². The average molecular weight is 306 g/mol. The summed E-state index contributed by atoms with van der Waals surface area (Å²) in [6.07, 6.45) is 1.10. The van der Waals surface area contributed by atoms with E-state index in [2.05, 4.69) is 71.4 Å². The molecule has 2 heterocycles. The van der Waals surface area contributed by atoms with Gasteiger partial charge in [-0.3, -0.25) is 0 Å². The Morgan fingerprint density at radius 2 is 1.05 bits per heavy atom. The van der Waals surface area contributed by atoms with Crippen molar-refractivity contribution in [3.63, 3.8) is 0 Å². The van der Waals surface area contributed by atoms with Gasteiger partial charge in [0.1, 0.15) is 0 Å². The second-order valence-electron chi connectivity index (χ2n) is 5.06. The third-order valence-corrected chi connectivity index (χ3v) is 5.67. The van der Waals surface area contributed by atoms with Crippen molar-refractivity contribution in [1.82, 2.24) is 0 Å². The molecule has 0 saturated carbocycles. The molecule has 0 aliphatic heterocycles. The van der Waals surface area contributed by atoms with Crippen LogP contribution in [0.25, 0.3) is 20.5 Å². The number of thiophene rings is 2. The van der Waals surface area contributed by atoms with Crippen LogP contribution in [-0.2, 0) is 6.42 Å². The highest BCUT2D eigenvalue weighted by molar-refractivity contribution is 7.25. The van der Waals surface area contributed by atoms with Gasteiger partial charge in [-0.2, -0.15) is 0 Å². The molecule has 0 fully saturated rings. The Bertz CT molecular complexity index is 788. The highest BCUT2D eigenvalue weighted by Gasteiger charge is 2.15. The molecule has 0 saturated heterocycles. The van der Waals surface area contributed by atoms with Crippen LogP contribution >= 0.6 is 22.7 Å². The minimum atomic E-state index is 1.10. The maximum Gasteiger partial charge on any atom is 0.0450 e. The van der Waals surface area contributed by atoms with Crippen molar-refractivity contribution in [3.8, 4) is 11.1 Å². The Morgan fingerprint density at radius 1 is 0.571 bits per heavy atom. The number of fused-ring (bicyclic) bond motifs is 4. The van der Waals surface area contributed by atoms with Crippen LogP contribution in [0.15, 0.2) is 71.4 Å². The fraction of sp³-hybridized carbons (Fsp3) is 0.0526. The highest BCUT2D eigenvalue weighted by atomic mass is 32.1. The molecule has 102 valence electrons. The molecular weight excluding hydrogens is 292 g/mol. The molecule has 1 aliphatic rings. The van der Waals surface area contributed by atoms with E-state index in [1.807, 2.05) is 0 Å². The summed E-state index contributed by atoms with van der Waals surface area (Å²) in [6, 6.07) is 21.6. The van der Waals surface area contributed by atoms with E-state index in [9.17, 15) is 0 Å². The molecule has 0 radical (unpaired) electrons. The van der Waals surface area contributed by atoms with Crippen molar-refractivity contribution < 1.29 is 0 Å². The SMILES string of the molecule is c1cc2sccc2s1.c1ccc2c(c1)Cc1ccccc1-2. The van der Waals surface area contributed by atoms with Crippen LogP contribution in [0.1, 0.15) is 11.1 Å². The van der Waals surface area contributed by atoms with Gasteiger partial charge in [0.25, 0.3) is 0 Å². The first-order chi connectivity index (χ1) is 10.4. The van der Waals surface area contributed by atoms with Crippen molar-refractivity contribution in [3.05, 3.63) is 82.6 Å². The molecule has 5 rings (SSSR count). The van der Waals surface area contributed by atoms with Crippen LogP contribution in [0.2, 0.25) is 0 Å². The first-order valence-corrected chi connectivity index (χ1v) is 8.74. The fourth-order valence-electron chi connectivity index (χ4n) is 2.78. The van der Waals surface area contributed by atoms with E-state index in [0.717, 1.165) is 6.42 Å². The van der Waals surface area contributed by atoms with Gasteiger partial charge in [0, 0.05) is 9.40 Å². The molecule has 2 aromatic heterocycles. The Hall–Kier alpha value is -1.90. The predicted molar refractivity (Wildman–Crippen MR) is 94.4 cm³/mol. The molecule has 2 aromatic carbocycles. The maximum absolute atomic E-state index is 2.22. The molecule has 0 atom stereocenters. The number of hydrogen-bond donors (Lipinski definition) is 0. The van der Waals surface area contributed by atoms with Gasteiger partial charge in [-0.15, -0.1) is 22.7 Å². The fourth-order valence-corrected chi connectivity index (χ4v) is 4.60. The van der Waals surface area contributed by atoms with Crippen LogP contribution in [0.3, 0.4) is 0 Å². The molecule has 4 aromatic rings. The molecule has 0 nitrogen and oxygen atoms in total. The topological polar surface area (TPSA) is 0 Å². The van der Waals surface area contributed by atoms with Gasteiger partial charge in [0.05, 0.1) is 0 Å². The standard InChI is InChI=1S/C13H10.C6H4S2/c1-3-7-12-10(5-1)9-11-6-2-4-8-13(11)12;1-3-7-6-2-4-8-5(1)6/h1-8H,9H2;1-4H. The zero-order valence-corrected chi connectivity index (χ0v) is 13.1. The quantitative estimate of drug-likeness (QED) is 0.318. The molecule has 21 heavy (non-hydrogen) atoms. The summed E-state index contributed by atoms with van der Waals surface area (Å²) in [4.78, 5) is 0. The molecule has 0 unspecified atom stereocenters. The molecule has 0 amide bonds. The Kier molecular flexibility index (Phi) is 3.34. The van der Waals surface area contributed by atoms with E-state index in [4.69, 9.17) is 0 Å². The van der Waals surface area contributed by atoms with Crippen LogP contribution < -0.4 is 0 Å². The summed E-state index contributed by atoms with van der Waals surface area (Å²) in [7, 11) is 0. The Morgan fingerprint density at radius 3 is 1.57 bits per heavy atom. The van der Waals surface area contributed by atoms with E-state index in [1.165, 1.54) is 31.7 Å². The summed E-state index contributed by atoms with van der Waals surface area (Å²) in [5, 5.41) is 4.25. The van der Waals surface area contributed by atoms with Crippen LogP contribution in [0.5, 0.6) is 0 Å². The molecule has 1 aliphatic carbocycles. The average Bonchev–Trinajstić information content (AvgIpc) is 3.21. The third kappa shape index (κ3) is 2.41. The van der Waals surface area contributed by atoms with Crippen molar-refractivity contribution in [2.24, 2.45) is 0 Å². The number of rotatable bonds is 0. The first-order valence-electron chi connectivity index (χ1n) is 6.99. The lowest BCUT2D eigenvalue weighted by atomic mass is 10.1. The molecule has 2 heteroatoms. The first kappa shape index (κ1) is 12.8. The number of hydrogen-bond acceptors (Lipinski definition) is 2. The summed E-state index contributed by atoms with van der Waals surface area (Å²) in [5.74, 6) is 0. The molecule has 0 spiro atoms. The predicted octanol–water partition coefficient (Wildman–Crippen LogP) is 6.22. The van der Waals surface area contributed by atoms with Gasteiger partial charge in [0.15, 0.2) is 0 Å².